The average Bonchev–Trinajstić information content (AvgIpc) is 3.04. The Balaban J connectivity index is 1.45. The van der Waals surface area contributed by atoms with Crippen LogP contribution in [0.25, 0.3) is 0 Å². The number of nitrogens with zero attached hydrogens (tertiary/aromatic N) is 3. The van der Waals surface area contributed by atoms with Crippen molar-refractivity contribution in [2.45, 2.75) is 12.6 Å². The van der Waals surface area contributed by atoms with Crippen LogP contribution in [-0.4, -0.2) is 47.6 Å². The molecule has 4 rings (SSSR count). The zero-order valence-corrected chi connectivity index (χ0v) is 12.1. The van der Waals surface area contributed by atoms with Gasteiger partial charge in [-0.05, 0) is 12.1 Å². The summed E-state index contributed by atoms with van der Waals surface area (Å²) in [5.41, 5.74) is 3.82. The van der Waals surface area contributed by atoms with Gasteiger partial charge in [-0.2, -0.15) is 0 Å². The molecule has 2 aliphatic heterocycles. The first kappa shape index (κ1) is 12.9. The molecule has 1 aromatic heterocycles. The van der Waals surface area contributed by atoms with E-state index in [4.69, 9.17) is 0 Å². The molecular weight excluding hydrogens is 262 g/mol. The molecule has 1 aromatic carbocycles. The first-order valence-electron chi connectivity index (χ1n) is 7.69. The minimum atomic E-state index is 0.415. The van der Waals surface area contributed by atoms with Gasteiger partial charge < -0.3 is 15.2 Å². The Morgan fingerprint density at radius 3 is 2.67 bits per heavy atom. The van der Waals surface area contributed by atoms with Gasteiger partial charge in [0, 0.05) is 45.0 Å². The zero-order valence-electron chi connectivity index (χ0n) is 12.1. The predicted molar refractivity (Wildman–Crippen MR) is 83.3 cm³/mol. The molecule has 2 aliphatic rings. The third-order valence-electron chi connectivity index (χ3n) is 4.58. The van der Waals surface area contributed by atoms with Crippen LogP contribution in [0.1, 0.15) is 17.4 Å². The lowest BCUT2D eigenvalue weighted by Gasteiger charge is -2.41. The van der Waals surface area contributed by atoms with Gasteiger partial charge in [0.05, 0.1) is 23.8 Å². The molecule has 1 fully saturated rings. The van der Waals surface area contributed by atoms with E-state index in [1.54, 1.807) is 0 Å². The minimum absolute atomic E-state index is 0.415. The third kappa shape index (κ3) is 2.43. The highest BCUT2D eigenvalue weighted by Crippen LogP contribution is 2.26. The van der Waals surface area contributed by atoms with Crippen molar-refractivity contribution in [3.63, 3.8) is 0 Å². The SMILES string of the molecule is c1ccc(N2CCN(C3CNCc4[nH]cnc43)CC2)cc1. The summed E-state index contributed by atoms with van der Waals surface area (Å²) in [6, 6.07) is 11.1. The number of H-pyrrole nitrogens is 1. The van der Waals surface area contributed by atoms with Crippen molar-refractivity contribution >= 4 is 5.69 Å². The summed E-state index contributed by atoms with van der Waals surface area (Å²) in [5.74, 6) is 0. The summed E-state index contributed by atoms with van der Waals surface area (Å²) < 4.78 is 0. The van der Waals surface area contributed by atoms with Gasteiger partial charge in [0.2, 0.25) is 0 Å². The molecule has 0 saturated carbocycles. The molecule has 110 valence electrons. The van der Waals surface area contributed by atoms with Crippen LogP contribution in [0.2, 0.25) is 0 Å². The van der Waals surface area contributed by atoms with E-state index in [-0.39, 0.29) is 0 Å². The van der Waals surface area contributed by atoms with Gasteiger partial charge in [-0.1, -0.05) is 18.2 Å². The van der Waals surface area contributed by atoms with Crippen molar-refractivity contribution in [3.8, 4) is 0 Å². The van der Waals surface area contributed by atoms with Crippen LogP contribution in [-0.2, 0) is 6.54 Å². The highest BCUT2D eigenvalue weighted by molar-refractivity contribution is 5.46. The maximum absolute atomic E-state index is 4.54. The zero-order chi connectivity index (χ0) is 14.1. The molecule has 0 radical (unpaired) electrons. The molecular formula is C16H21N5. The second kappa shape index (κ2) is 5.50. The molecule has 1 unspecified atom stereocenters. The van der Waals surface area contributed by atoms with Crippen LogP contribution in [0.15, 0.2) is 36.7 Å². The van der Waals surface area contributed by atoms with Gasteiger partial charge in [0.15, 0.2) is 0 Å². The summed E-state index contributed by atoms with van der Waals surface area (Å²) in [4.78, 5) is 12.8. The van der Waals surface area contributed by atoms with Crippen molar-refractivity contribution in [1.29, 1.82) is 0 Å². The first-order chi connectivity index (χ1) is 10.4. The summed E-state index contributed by atoms with van der Waals surface area (Å²) in [7, 11) is 0. The molecule has 5 nitrogen and oxygen atoms in total. The van der Waals surface area contributed by atoms with E-state index in [9.17, 15) is 0 Å². The third-order valence-corrected chi connectivity index (χ3v) is 4.58. The van der Waals surface area contributed by atoms with E-state index >= 15 is 0 Å². The van der Waals surface area contributed by atoms with E-state index < -0.39 is 0 Å². The number of anilines is 1. The van der Waals surface area contributed by atoms with Gasteiger partial charge in [-0.15, -0.1) is 0 Å². The molecule has 3 heterocycles. The number of fused-ring (bicyclic) bond motifs is 1. The summed E-state index contributed by atoms with van der Waals surface area (Å²) in [6.45, 7) is 6.26. The van der Waals surface area contributed by atoms with Crippen LogP contribution in [0.5, 0.6) is 0 Å². The Morgan fingerprint density at radius 2 is 1.86 bits per heavy atom. The standard InChI is InChI=1S/C16H21N5/c1-2-4-13(5-3-1)20-6-8-21(9-7-20)15-11-17-10-14-16(15)19-12-18-14/h1-5,12,15,17H,6-11H2,(H,18,19). The number of nitrogens with one attached hydrogen (secondary N) is 2. The number of hydrogen-bond acceptors (Lipinski definition) is 4. The Bertz CT molecular complexity index is 586. The monoisotopic (exact) mass is 283 g/mol. The number of hydrogen-bond donors (Lipinski definition) is 2. The van der Waals surface area contributed by atoms with Crippen molar-refractivity contribution < 1.29 is 0 Å². The fourth-order valence-corrected chi connectivity index (χ4v) is 3.42. The molecule has 0 aliphatic carbocycles. The van der Waals surface area contributed by atoms with E-state index in [1.807, 2.05) is 6.33 Å². The molecule has 5 heteroatoms. The molecule has 0 spiro atoms. The summed E-state index contributed by atoms with van der Waals surface area (Å²) >= 11 is 0. The number of imidazole rings is 1. The lowest BCUT2D eigenvalue weighted by Crippen LogP contribution is -2.50. The number of rotatable bonds is 2. The Labute approximate surface area is 125 Å². The number of para-hydroxylation sites is 1. The van der Waals surface area contributed by atoms with Crippen LogP contribution in [0.3, 0.4) is 0 Å². The van der Waals surface area contributed by atoms with Gasteiger partial charge in [0.25, 0.3) is 0 Å². The Morgan fingerprint density at radius 1 is 1.05 bits per heavy atom. The highest BCUT2D eigenvalue weighted by atomic mass is 15.3. The highest BCUT2D eigenvalue weighted by Gasteiger charge is 2.30. The molecule has 0 bridgehead atoms. The molecule has 21 heavy (non-hydrogen) atoms. The van der Waals surface area contributed by atoms with Gasteiger partial charge in [-0.25, -0.2) is 4.98 Å². The first-order valence-corrected chi connectivity index (χ1v) is 7.69. The lowest BCUT2D eigenvalue weighted by molar-refractivity contribution is 0.171. The van der Waals surface area contributed by atoms with Crippen LogP contribution < -0.4 is 10.2 Å². The van der Waals surface area contributed by atoms with E-state index in [1.165, 1.54) is 17.1 Å². The second-order valence-electron chi connectivity index (χ2n) is 5.77. The van der Waals surface area contributed by atoms with E-state index in [0.717, 1.165) is 39.3 Å². The van der Waals surface area contributed by atoms with Crippen molar-refractivity contribution in [2.24, 2.45) is 0 Å². The van der Waals surface area contributed by atoms with Crippen molar-refractivity contribution in [1.82, 2.24) is 20.2 Å². The smallest absolute Gasteiger partial charge is 0.0926 e. The number of benzene rings is 1. The molecule has 2 aromatic rings. The average molecular weight is 283 g/mol. The lowest BCUT2D eigenvalue weighted by atomic mass is 10.1. The number of piperazine rings is 1. The maximum Gasteiger partial charge on any atom is 0.0926 e. The molecule has 1 saturated heterocycles. The molecule has 0 amide bonds. The van der Waals surface area contributed by atoms with Crippen LogP contribution in [0, 0.1) is 0 Å². The predicted octanol–water partition coefficient (Wildman–Crippen LogP) is 1.38. The fraction of sp³-hybridized carbons (Fsp3) is 0.438. The van der Waals surface area contributed by atoms with Crippen LogP contribution in [0.4, 0.5) is 5.69 Å². The van der Waals surface area contributed by atoms with Gasteiger partial charge >= 0.3 is 0 Å². The number of aromatic nitrogens is 2. The Kier molecular flexibility index (Phi) is 3.37. The quantitative estimate of drug-likeness (QED) is 0.874. The molecule has 2 N–H and O–H groups in total. The second-order valence-corrected chi connectivity index (χ2v) is 5.77. The normalized spacial score (nSPS) is 23.0. The maximum atomic E-state index is 4.54. The minimum Gasteiger partial charge on any atom is -0.369 e. The fourth-order valence-electron chi connectivity index (χ4n) is 3.42. The van der Waals surface area contributed by atoms with E-state index in [2.05, 4.69) is 55.4 Å². The van der Waals surface area contributed by atoms with Gasteiger partial charge in [-0.3, -0.25) is 4.90 Å². The molecule has 1 atom stereocenters. The van der Waals surface area contributed by atoms with Crippen LogP contribution >= 0.6 is 0 Å². The largest absolute Gasteiger partial charge is 0.369 e. The van der Waals surface area contributed by atoms with Crippen molar-refractivity contribution in [3.05, 3.63) is 48.0 Å². The summed E-state index contributed by atoms with van der Waals surface area (Å²) in [6.07, 6.45) is 1.82. The van der Waals surface area contributed by atoms with Crippen molar-refractivity contribution in [2.75, 3.05) is 37.6 Å². The number of aromatic amines is 1. The summed E-state index contributed by atoms with van der Waals surface area (Å²) in [5, 5.41) is 3.49. The topological polar surface area (TPSA) is 47.2 Å². The Hall–Kier alpha value is -1.85. The van der Waals surface area contributed by atoms with E-state index in [0.29, 0.717) is 6.04 Å². The van der Waals surface area contributed by atoms with Gasteiger partial charge in [0.1, 0.15) is 0 Å².